The Kier molecular flexibility index (Phi) is 2.67. The summed E-state index contributed by atoms with van der Waals surface area (Å²) in [5, 5.41) is 0. The molecule has 0 spiro atoms. The van der Waals surface area contributed by atoms with Gasteiger partial charge in [-0.2, -0.15) is 0 Å². The number of fused-ring (bicyclic) bond motifs is 3. The lowest BCUT2D eigenvalue weighted by atomic mass is 9.84. The average molecular weight is 230 g/mol. The van der Waals surface area contributed by atoms with Crippen molar-refractivity contribution in [2.24, 2.45) is 5.92 Å². The summed E-state index contributed by atoms with van der Waals surface area (Å²) in [4.78, 5) is 0. The maximum Gasteiger partial charge on any atom is 0.126 e. The molecule has 1 aromatic carbocycles. The van der Waals surface area contributed by atoms with E-state index >= 15 is 0 Å². The second kappa shape index (κ2) is 4.19. The Morgan fingerprint density at radius 2 is 2.18 bits per heavy atom. The normalized spacial score (nSPS) is 31.6. The van der Waals surface area contributed by atoms with Crippen molar-refractivity contribution in [1.82, 2.24) is 0 Å². The average Bonchev–Trinajstić information content (AvgIpc) is 2.86. The molecule has 3 rings (SSSR count). The lowest BCUT2D eigenvalue weighted by Crippen LogP contribution is -2.34. The smallest absolute Gasteiger partial charge is 0.126 e. The zero-order chi connectivity index (χ0) is 11.8. The first-order valence-electron chi connectivity index (χ1n) is 6.31. The van der Waals surface area contributed by atoms with E-state index in [9.17, 15) is 0 Å². The van der Waals surface area contributed by atoms with Crippen LogP contribution in [0, 0.1) is 5.92 Å². The van der Waals surface area contributed by atoms with Gasteiger partial charge in [0.25, 0.3) is 0 Å². The zero-order valence-corrected chi connectivity index (χ0v) is 10.3. The summed E-state index contributed by atoms with van der Waals surface area (Å²) in [7, 11) is 0. The van der Waals surface area contributed by atoms with Crippen molar-refractivity contribution in [3.05, 3.63) is 41.5 Å². The lowest BCUT2D eigenvalue weighted by molar-refractivity contribution is 0.0325. The standard InChI is InChI=1S/C15H18O2/c1-3-10(2)14-12-8-9-16-15(12)11-6-4-5-7-13(11)17-14/h3-7,12,14-15H,8-9H2,1-2H3/b10-3+/t12-,14-,15-/m1/s1. The molecule has 1 saturated heterocycles. The number of benzene rings is 1. The first-order chi connectivity index (χ1) is 8.31. The van der Waals surface area contributed by atoms with E-state index < -0.39 is 0 Å². The first-order valence-corrected chi connectivity index (χ1v) is 6.31. The van der Waals surface area contributed by atoms with Gasteiger partial charge in [-0.1, -0.05) is 24.3 Å². The van der Waals surface area contributed by atoms with Crippen molar-refractivity contribution in [2.45, 2.75) is 32.5 Å². The van der Waals surface area contributed by atoms with Crippen LogP contribution in [0.1, 0.15) is 31.9 Å². The van der Waals surface area contributed by atoms with E-state index in [0.717, 1.165) is 18.8 Å². The number of para-hydroxylation sites is 1. The molecule has 2 heteroatoms. The Hall–Kier alpha value is -1.28. The van der Waals surface area contributed by atoms with Gasteiger partial charge in [0, 0.05) is 18.1 Å². The Labute approximate surface area is 102 Å². The molecular weight excluding hydrogens is 212 g/mol. The topological polar surface area (TPSA) is 18.5 Å². The largest absolute Gasteiger partial charge is 0.485 e. The van der Waals surface area contributed by atoms with Crippen LogP contribution in [0.2, 0.25) is 0 Å². The van der Waals surface area contributed by atoms with Crippen molar-refractivity contribution in [2.75, 3.05) is 6.61 Å². The van der Waals surface area contributed by atoms with Gasteiger partial charge in [-0.05, 0) is 31.9 Å². The van der Waals surface area contributed by atoms with Crippen LogP contribution in [0.5, 0.6) is 5.75 Å². The third-order valence-electron chi connectivity index (χ3n) is 3.91. The summed E-state index contributed by atoms with van der Waals surface area (Å²) in [5.41, 5.74) is 2.52. The number of rotatable bonds is 1. The van der Waals surface area contributed by atoms with Gasteiger partial charge in [0.15, 0.2) is 0 Å². The fourth-order valence-corrected chi connectivity index (χ4v) is 2.88. The van der Waals surface area contributed by atoms with E-state index in [4.69, 9.17) is 9.47 Å². The predicted octanol–water partition coefficient (Wildman–Crippen LogP) is 3.49. The molecule has 0 radical (unpaired) electrons. The highest BCUT2D eigenvalue weighted by molar-refractivity contribution is 5.39. The highest BCUT2D eigenvalue weighted by atomic mass is 16.5. The van der Waals surface area contributed by atoms with Crippen molar-refractivity contribution >= 4 is 0 Å². The van der Waals surface area contributed by atoms with Crippen LogP contribution >= 0.6 is 0 Å². The molecule has 0 N–H and O–H groups in total. The van der Waals surface area contributed by atoms with Crippen molar-refractivity contribution in [3.63, 3.8) is 0 Å². The highest BCUT2D eigenvalue weighted by Crippen LogP contribution is 2.47. The maximum absolute atomic E-state index is 6.15. The Morgan fingerprint density at radius 1 is 1.35 bits per heavy atom. The van der Waals surface area contributed by atoms with Gasteiger partial charge in [0.2, 0.25) is 0 Å². The second-order valence-corrected chi connectivity index (χ2v) is 4.85. The summed E-state index contributed by atoms with van der Waals surface area (Å²) >= 11 is 0. The molecule has 0 unspecified atom stereocenters. The summed E-state index contributed by atoms with van der Waals surface area (Å²) in [6.07, 6.45) is 3.64. The molecule has 2 aliphatic heterocycles. The van der Waals surface area contributed by atoms with Crippen molar-refractivity contribution in [3.8, 4) is 5.75 Å². The molecule has 0 bridgehead atoms. The van der Waals surface area contributed by atoms with Crippen LogP contribution in [-0.4, -0.2) is 12.7 Å². The van der Waals surface area contributed by atoms with Gasteiger partial charge in [0.05, 0.1) is 6.10 Å². The number of ether oxygens (including phenoxy) is 2. The highest BCUT2D eigenvalue weighted by Gasteiger charge is 2.42. The predicted molar refractivity (Wildman–Crippen MR) is 67.1 cm³/mol. The van der Waals surface area contributed by atoms with E-state index in [1.807, 2.05) is 12.1 Å². The molecule has 1 fully saturated rings. The molecule has 17 heavy (non-hydrogen) atoms. The quantitative estimate of drug-likeness (QED) is 0.687. The number of hydrogen-bond donors (Lipinski definition) is 0. The summed E-state index contributed by atoms with van der Waals surface area (Å²) in [5.74, 6) is 1.46. The van der Waals surface area contributed by atoms with Crippen LogP contribution < -0.4 is 4.74 Å². The Bertz CT molecular complexity index is 450. The monoisotopic (exact) mass is 230 g/mol. The van der Waals surface area contributed by atoms with Gasteiger partial charge in [-0.25, -0.2) is 0 Å². The lowest BCUT2D eigenvalue weighted by Gasteiger charge is -2.35. The van der Waals surface area contributed by atoms with E-state index in [1.165, 1.54) is 11.1 Å². The maximum atomic E-state index is 6.15. The third-order valence-corrected chi connectivity index (χ3v) is 3.91. The molecule has 0 amide bonds. The van der Waals surface area contributed by atoms with Gasteiger partial charge < -0.3 is 9.47 Å². The molecule has 90 valence electrons. The molecule has 3 atom stereocenters. The van der Waals surface area contributed by atoms with Gasteiger partial charge >= 0.3 is 0 Å². The van der Waals surface area contributed by atoms with E-state index in [-0.39, 0.29) is 12.2 Å². The molecule has 0 saturated carbocycles. The van der Waals surface area contributed by atoms with Crippen LogP contribution in [0.4, 0.5) is 0 Å². The molecule has 0 aliphatic carbocycles. The number of allylic oxidation sites excluding steroid dienone is 1. The fourth-order valence-electron chi connectivity index (χ4n) is 2.88. The van der Waals surface area contributed by atoms with Crippen molar-refractivity contribution in [1.29, 1.82) is 0 Å². The number of hydrogen-bond acceptors (Lipinski definition) is 2. The molecule has 2 aliphatic rings. The van der Waals surface area contributed by atoms with Gasteiger partial charge in [-0.15, -0.1) is 0 Å². The minimum atomic E-state index is 0.183. The first kappa shape index (κ1) is 10.8. The minimum Gasteiger partial charge on any atom is -0.485 e. The van der Waals surface area contributed by atoms with Crippen LogP contribution in [0.3, 0.4) is 0 Å². The van der Waals surface area contributed by atoms with E-state index in [2.05, 4.69) is 32.1 Å². The molecule has 2 nitrogen and oxygen atoms in total. The summed E-state index contributed by atoms with van der Waals surface area (Å²) in [6, 6.07) is 8.25. The molecule has 1 aromatic rings. The zero-order valence-electron chi connectivity index (χ0n) is 10.3. The van der Waals surface area contributed by atoms with Gasteiger partial charge in [-0.3, -0.25) is 0 Å². The fraction of sp³-hybridized carbons (Fsp3) is 0.467. The molecule has 2 heterocycles. The second-order valence-electron chi connectivity index (χ2n) is 4.85. The summed E-state index contributed by atoms with van der Waals surface area (Å²) < 4.78 is 12.1. The van der Waals surface area contributed by atoms with E-state index in [1.54, 1.807) is 0 Å². The third kappa shape index (κ3) is 1.67. The van der Waals surface area contributed by atoms with E-state index in [0.29, 0.717) is 5.92 Å². The van der Waals surface area contributed by atoms with Crippen molar-refractivity contribution < 1.29 is 9.47 Å². The molecule has 0 aromatic heterocycles. The Morgan fingerprint density at radius 3 is 3.00 bits per heavy atom. The SMILES string of the molecule is C/C=C(\C)[C@H]1Oc2ccccc2[C@H]2OCC[C@H]12. The summed E-state index contributed by atoms with van der Waals surface area (Å²) in [6.45, 7) is 5.07. The minimum absolute atomic E-state index is 0.183. The van der Waals surface area contributed by atoms with Crippen LogP contribution in [0.25, 0.3) is 0 Å². The van der Waals surface area contributed by atoms with Gasteiger partial charge in [0.1, 0.15) is 11.9 Å². The van der Waals surface area contributed by atoms with Crippen LogP contribution in [-0.2, 0) is 4.74 Å². The van der Waals surface area contributed by atoms with Crippen LogP contribution in [0.15, 0.2) is 35.9 Å². The Balaban J connectivity index is 2.03. The molecular formula is C15H18O2.